The molecule has 1 amide bonds. The maximum Gasteiger partial charge on any atom is 0.300 e. The van der Waals surface area contributed by atoms with E-state index >= 15 is 0 Å². The van der Waals surface area contributed by atoms with Crippen LogP contribution in [0.5, 0.6) is 11.5 Å². The lowest BCUT2D eigenvalue weighted by Gasteiger charge is -2.26. The van der Waals surface area contributed by atoms with E-state index in [4.69, 9.17) is 32.7 Å². The Kier molecular flexibility index (Phi) is 6.55. The summed E-state index contributed by atoms with van der Waals surface area (Å²) in [4.78, 5) is 27.9. The number of Topliss-reactive ketones (excluding diaryl/α,β-unsaturated/α-hetero) is 1. The van der Waals surface area contributed by atoms with Gasteiger partial charge in [0.25, 0.3) is 11.7 Å². The summed E-state index contributed by atoms with van der Waals surface area (Å²) in [6.07, 6.45) is 0. The van der Waals surface area contributed by atoms with Gasteiger partial charge in [-0.1, -0.05) is 53.0 Å². The number of aryl methyl sites for hydroxylation is 1. The molecule has 1 atom stereocenters. The number of carbonyl (C=O) groups excluding carboxylic acids is 2. The van der Waals surface area contributed by atoms with Gasteiger partial charge in [0.1, 0.15) is 17.3 Å². The second kappa shape index (κ2) is 9.41. The minimum atomic E-state index is -0.911. The molecule has 1 heterocycles. The van der Waals surface area contributed by atoms with Crippen LogP contribution >= 0.6 is 23.2 Å². The van der Waals surface area contributed by atoms with E-state index in [0.29, 0.717) is 22.7 Å². The second-order valence-corrected chi connectivity index (χ2v) is 8.56. The zero-order valence-corrected chi connectivity index (χ0v) is 20.1. The molecule has 6 nitrogen and oxygen atoms in total. The minimum absolute atomic E-state index is 0.0855. The van der Waals surface area contributed by atoms with E-state index < -0.39 is 23.5 Å². The molecule has 8 heteroatoms. The van der Waals surface area contributed by atoms with Crippen molar-refractivity contribution >= 4 is 46.3 Å². The van der Waals surface area contributed by atoms with Crippen LogP contribution in [0.1, 0.15) is 22.7 Å². The number of ketones is 1. The molecule has 0 aliphatic carbocycles. The molecule has 0 spiro atoms. The molecule has 1 aliphatic heterocycles. The lowest BCUT2D eigenvalue weighted by atomic mass is 9.94. The molecule has 34 heavy (non-hydrogen) atoms. The number of anilines is 1. The van der Waals surface area contributed by atoms with Crippen LogP contribution in [-0.4, -0.2) is 31.0 Å². The average molecular weight is 498 g/mol. The van der Waals surface area contributed by atoms with Gasteiger partial charge in [-0.25, -0.2) is 0 Å². The van der Waals surface area contributed by atoms with Crippen LogP contribution in [0, 0.1) is 6.92 Å². The van der Waals surface area contributed by atoms with Crippen LogP contribution in [0.3, 0.4) is 0 Å². The Bertz CT molecular complexity index is 1330. The van der Waals surface area contributed by atoms with E-state index in [9.17, 15) is 14.7 Å². The molecule has 1 saturated heterocycles. The molecule has 174 valence electrons. The van der Waals surface area contributed by atoms with Crippen LogP contribution < -0.4 is 14.4 Å². The second-order valence-electron chi connectivity index (χ2n) is 7.75. The maximum absolute atomic E-state index is 13.3. The maximum atomic E-state index is 13.3. The van der Waals surface area contributed by atoms with Crippen molar-refractivity contribution in [3.8, 4) is 11.5 Å². The quantitative estimate of drug-likeness (QED) is 0.268. The summed E-state index contributed by atoms with van der Waals surface area (Å²) in [5.74, 6) is -1.16. The highest BCUT2D eigenvalue weighted by atomic mass is 35.5. The lowest BCUT2D eigenvalue weighted by Crippen LogP contribution is -2.29. The highest BCUT2D eigenvalue weighted by Crippen LogP contribution is 2.44. The van der Waals surface area contributed by atoms with E-state index in [1.165, 1.54) is 25.2 Å². The van der Waals surface area contributed by atoms with Gasteiger partial charge in [-0.05, 0) is 48.9 Å². The van der Waals surface area contributed by atoms with Gasteiger partial charge in [-0.15, -0.1) is 0 Å². The number of aliphatic hydroxyl groups is 1. The fourth-order valence-corrected chi connectivity index (χ4v) is 4.48. The third-order valence-corrected chi connectivity index (χ3v) is 6.27. The average Bonchev–Trinajstić information content (AvgIpc) is 3.09. The van der Waals surface area contributed by atoms with Gasteiger partial charge in [0.2, 0.25) is 0 Å². The third-order valence-electron chi connectivity index (χ3n) is 5.64. The van der Waals surface area contributed by atoms with Crippen molar-refractivity contribution in [1.82, 2.24) is 0 Å². The molecule has 3 aromatic rings. The van der Waals surface area contributed by atoms with Crippen molar-refractivity contribution in [2.45, 2.75) is 13.0 Å². The Balaban J connectivity index is 1.98. The van der Waals surface area contributed by atoms with Crippen LogP contribution in [0.15, 0.2) is 66.2 Å². The SMILES string of the molecule is COc1ccc(Cl)c(/C(O)=C2\C(=O)C(=O)N(c3ccc(OC)c(Cl)c3)C2c2cccc(C)c2)c1. The third kappa shape index (κ3) is 4.11. The first-order valence-electron chi connectivity index (χ1n) is 10.3. The lowest BCUT2D eigenvalue weighted by molar-refractivity contribution is -0.132. The first-order chi connectivity index (χ1) is 16.3. The van der Waals surface area contributed by atoms with Crippen molar-refractivity contribution in [2.24, 2.45) is 0 Å². The molecule has 1 unspecified atom stereocenters. The Morgan fingerprint density at radius 3 is 2.35 bits per heavy atom. The minimum Gasteiger partial charge on any atom is -0.507 e. The van der Waals surface area contributed by atoms with Gasteiger partial charge in [0.05, 0.1) is 35.9 Å². The number of ether oxygens (including phenoxy) is 2. The molecule has 0 radical (unpaired) electrons. The Labute approximate surface area is 206 Å². The molecular weight excluding hydrogens is 477 g/mol. The smallest absolute Gasteiger partial charge is 0.300 e. The fourth-order valence-electron chi connectivity index (χ4n) is 4.02. The van der Waals surface area contributed by atoms with Crippen LogP contribution in [0.2, 0.25) is 10.0 Å². The molecule has 4 rings (SSSR count). The summed E-state index contributed by atoms with van der Waals surface area (Å²) < 4.78 is 10.5. The topological polar surface area (TPSA) is 76.1 Å². The summed E-state index contributed by atoms with van der Waals surface area (Å²) in [6, 6.07) is 16.0. The van der Waals surface area contributed by atoms with Gasteiger partial charge in [0, 0.05) is 11.3 Å². The molecule has 1 aliphatic rings. The monoisotopic (exact) mass is 497 g/mol. The summed E-state index contributed by atoms with van der Waals surface area (Å²) in [6.45, 7) is 1.90. The Morgan fingerprint density at radius 2 is 1.71 bits per heavy atom. The number of nitrogens with zero attached hydrogens (tertiary/aromatic N) is 1. The fraction of sp³-hybridized carbons (Fsp3) is 0.154. The number of amides is 1. The van der Waals surface area contributed by atoms with Crippen molar-refractivity contribution in [3.05, 3.63) is 93.0 Å². The van der Waals surface area contributed by atoms with Gasteiger partial charge >= 0.3 is 0 Å². The number of halogens is 2. The normalized spacial score (nSPS) is 17.2. The van der Waals surface area contributed by atoms with E-state index in [-0.39, 0.29) is 21.2 Å². The largest absolute Gasteiger partial charge is 0.507 e. The Hall–Kier alpha value is -3.48. The molecule has 3 aromatic carbocycles. The number of methoxy groups -OCH3 is 2. The summed E-state index contributed by atoms with van der Waals surface area (Å²) >= 11 is 12.7. The van der Waals surface area contributed by atoms with E-state index in [0.717, 1.165) is 5.56 Å². The van der Waals surface area contributed by atoms with Gasteiger partial charge < -0.3 is 14.6 Å². The number of hydrogen-bond donors (Lipinski definition) is 1. The van der Waals surface area contributed by atoms with Crippen LogP contribution in [0.4, 0.5) is 5.69 Å². The molecule has 1 fully saturated rings. The predicted octanol–water partition coefficient (Wildman–Crippen LogP) is 5.95. The zero-order chi connectivity index (χ0) is 24.6. The number of benzene rings is 3. The highest BCUT2D eigenvalue weighted by molar-refractivity contribution is 6.52. The standard InChI is InChI=1S/C26H21Cl2NO5/c1-14-5-4-6-15(11-14)23-22(24(30)18-13-17(33-2)8-9-19(18)27)25(31)26(32)29(23)16-7-10-21(34-3)20(28)12-16/h4-13,23,30H,1-3H3/b24-22+. The zero-order valence-electron chi connectivity index (χ0n) is 18.6. The van der Waals surface area contributed by atoms with Gasteiger partial charge in [0.15, 0.2) is 0 Å². The molecule has 0 saturated carbocycles. The number of aliphatic hydroxyl groups excluding tert-OH is 1. The first kappa shape index (κ1) is 23.7. The van der Waals surface area contributed by atoms with Crippen molar-refractivity contribution in [2.75, 3.05) is 19.1 Å². The highest BCUT2D eigenvalue weighted by Gasteiger charge is 2.47. The molecule has 1 N–H and O–H groups in total. The van der Waals surface area contributed by atoms with Crippen molar-refractivity contribution < 1.29 is 24.2 Å². The van der Waals surface area contributed by atoms with Crippen molar-refractivity contribution in [1.29, 1.82) is 0 Å². The summed E-state index contributed by atoms with van der Waals surface area (Å²) in [5, 5.41) is 11.8. The van der Waals surface area contributed by atoms with Crippen molar-refractivity contribution in [3.63, 3.8) is 0 Å². The van der Waals surface area contributed by atoms with Crippen LogP contribution in [-0.2, 0) is 9.59 Å². The molecular formula is C26H21Cl2NO5. The van der Waals surface area contributed by atoms with E-state index in [1.807, 2.05) is 25.1 Å². The molecule has 0 aromatic heterocycles. The van der Waals surface area contributed by atoms with Crippen LogP contribution in [0.25, 0.3) is 5.76 Å². The number of carbonyl (C=O) groups is 2. The first-order valence-corrected chi connectivity index (χ1v) is 11.1. The number of hydrogen-bond acceptors (Lipinski definition) is 5. The van der Waals surface area contributed by atoms with Gasteiger partial charge in [-0.3, -0.25) is 14.5 Å². The number of rotatable bonds is 5. The molecule has 0 bridgehead atoms. The summed E-state index contributed by atoms with van der Waals surface area (Å²) in [5.41, 5.74) is 2.05. The van der Waals surface area contributed by atoms with E-state index in [2.05, 4.69) is 0 Å². The Morgan fingerprint density at radius 1 is 0.941 bits per heavy atom. The predicted molar refractivity (Wildman–Crippen MR) is 132 cm³/mol. The van der Waals surface area contributed by atoms with E-state index in [1.54, 1.807) is 36.4 Å². The summed E-state index contributed by atoms with van der Waals surface area (Å²) in [7, 11) is 2.96. The van der Waals surface area contributed by atoms with Gasteiger partial charge in [-0.2, -0.15) is 0 Å².